The molecule has 170 valence electrons. The fraction of sp³-hybridized carbons (Fsp3) is 0.259. The van der Waals surface area contributed by atoms with Crippen LogP contribution in [0.2, 0.25) is 0 Å². The van der Waals surface area contributed by atoms with Gasteiger partial charge in [0, 0.05) is 18.5 Å². The number of carbonyl (C=O) groups excluding carboxylic acids is 1. The van der Waals surface area contributed by atoms with Gasteiger partial charge < -0.3 is 20.1 Å². The summed E-state index contributed by atoms with van der Waals surface area (Å²) in [4.78, 5) is 26.5. The number of aromatic carboxylic acids is 1. The van der Waals surface area contributed by atoms with Crippen molar-refractivity contribution in [2.24, 2.45) is 0 Å². The van der Waals surface area contributed by atoms with E-state index in [4.69, 9.17) is 9.84 Å². The Balaban J connectivity index is 1.50. The highest BCUT2D eigenvalue weighted by Gasteiger charge is 2.14. The third-order valence-corrected chi connectivity index (χ3v) is 5.84. The monoisotopic (exact) mass is 444 g/mol. The van der Waals surface area contributed by atoms with Crippen molar-refractivity contribution in [1.82, 2.24) is 10.2 Å². The third kappa shape index (κ3) is 5.99. The van der Waals surface area contributed by atoms with E-state index in [0.717, 1.165) is 36.0 Å². The van der Waals surface area contributed by atoms with Gasteiger partial charge in [0.15, 0.2) is 0 Å². The van der Waals surface area contributed by atoms with Crippen LogP contribution in [-0.4, -0.2) is 54.7 Å². The average molecular weight is 445 g/mol. The van der Waals surface area contributed by atoms with E-state index in [1.54, 1.807) is 18.2 Å². The van der Waals surface area contributed by atoms with Crippen LogP contribution in [0.25, 0.3) is 16.8 Å². The Morgan fingerprint density at radius 1 is 0.970 bits per heavy atom. The van der Waals surface area contributed by atoms with Crippen LogP contribution in [0.5, 0.6) is 5.75 Å². The molecule has 33 heavy (non-hydrogen) atoms. The molecule has 1 heterocycles. The van der Waals surface area contributed by atoms with Crippen molar-refractivity contribution in [3.63, 3.8) is 0 Å². The highest BCUT2D eigenvalue weighted by atomic mass is 16.5. The molecule has 1 saturated heterocycles. The first-order valence-electron chi connectivity index (χ1n) is 11.3. The van der Waals surface area contributed by atoms with Gasteiger partial charge in [-0.05, 0) is 61.2 Å². The quantitative estimate of drug-likeness (QED) is 0.484. The first-order chi connectivity index (χ1) is 16.1. The molecular weight excluding hydrogens is 416 g/mol. The summed E-state index contributed by atoms with van der Waals surface area (Å²) in [5.74, 6) is -0.452. The van der Waals surface area contributed by atoms with Crippen molar-refractivity contribution >= 4 is 28.7 Å². The van der Waals surface area contributed by atoms with Gasteiger partial charge >= 0.3 is 5.97 Å². The van der Waals surface area contributed by atoms with Crippen molar-refractivity contribution in [2.45, 2.75) is 12.8 Å². The number of ether oxygens (including phenoxy) is 1. The molecular formula is C27H28N2O4. The Morgan fingerprint density at radius 2 is 1.70 bits per heavy atom. The number of likely N-dealkylation sites (tertiary alicyclic amines) is 1. The fourth-order valence-corrected chi connectivity index (χ4v) is 4.02. The zero-order chi connectivity index (χ0) is 23.0. The molecule has 0 saturated carbocycles. The minimum absolute atomic E-state index is 0.101. The minimum Gasteiger partial charge on any atom is -0.488 e. The average Bonchev–Trinajstić information content (AvgIpc) is 3.35. The summed E-state index contributed by atoms with van der Waals surface area (Å²) in [5.41, 5.74) is 1.43. The normalized spacial score (nSPS) is 14.4. The van der Waals surface area contributed by atoms with E-state index in [1.165, 1.54) is 25.0 Å². The van der Waals surface area contributed by atoms with Crippen molar-refractivity contribution in [2.75, 3.05) is 32.8 Å². The van der Waals surface area contributed by atoms with Crippen LogP contribution in [0.15, 0.2) is 72.3 Å². The molecule has 2 N–H and O–H groups in total. The van der Waals surface area contributed by atoms with Crippen LogP contribution in [0.3, 0.4) is 0 Å². The van der Waals surface area contributed by atoms with E-state index in [1.807, 2.05) is 42.5 Å². The van der Waals surface area contributed by atoms with E-state index in [2.05, 4.69) is 10.2 Å². The van der Waals surface area contributed by atoms with Gasteiger partial charge in [-0.2, -0.15) is 0 Å². The van der Waals surface area contributed by atoms with Gasteiger partial charge in [-0.3, -0.25) is 4.79 Å². The molecule has 0 aromatic heterocycles. The molecule has 3 aromatic carbocycles. The number of amides is 1. The molecule has 0 radical (unpaired) electrons. The van der Waals surface area contributed by atoms with Crippen molar-refractivity contribution in [3.05, 3.63) is 83.4 Å². The molecule has 6 heteroatoms. The molecule has 6 nitrogen and oxygen atoms in total. The lowest BCUT2D eigenvalue weighted by molar-refractivity contribution is -0.117. The topological polar surface area (TPSA) is 78.9 Å². The summed E-state index contributed by atoms with van der Waals surface area (Å²) in [6.45, 7) is 3.67. The van der Waals surface area contributed by atoms with E-state index in [-0.39, 0.29) is 18.1 Å². The highest BCUT2D eigenvalue weighted by molar-refractivity contribution is 5.98. The number of carboxylic acid groups (broad SMARTS) is 1. The molecule has 0 unspecified atom stereocenters. The van der Waals surface area contributed by atoms with E-state index >= 15 is 0 Å². The molecule has 4 rings (SSSR count). The second-order valence-electron chi connectivity index (χ2n) is 8.17. The Labute approximate surface area is 193 Å². The SMILES string of the molecule is O=C(NCCN1CCCC1)C(=Cc1ccc(C(=O)O)cc1)COc1cccc2ccccc12. The van der Waals surface area contributed by atoms with Gasteiger partial charge in [0.25, 0.3) is 5.91 Å². The standard InChI is InChI=1S/C27H28N2O4/c30-26(28-14-17-29-15-3-4-16-29)23(18-20-10-12-22(13-11-20)27(31)32)19-33-25-9-5-7-21-6-1-2-8-24(21)25/h1-2,5-13,18H,3-4,14-17,19H2,(H,28,30)(H,31,32). The lowest BCUT2D eigenvalue weighted by Gasteiger charge is -2.16. The van der Waals surface area contributed by atoms with E-state index in [0.29, 0.717) is 17.9 Å². The van der Waals surface area contributed by atoms with Gasteiger partial charge in [0.05, 0.1) is 11.1 Å². The number of benzene rings is 3. The zero-order valence-corrected chi connectivity index (χ0v) is 18.5. The lowest BCUT2D eigenvalue weighted by Crippen LogP contribution is -2.35. The first kappa shape index (κ1) is 22.6. The number of rotatable bonds is 9. The van der Waals surface area contributed by atoms with Gasteiger partial charge in [-0.1, -0.05) is 48.5 Å². The molecule has 0 aliphatic carbocycles. The minimum atomic E-state index is -0.982. The van der Waals surface area contributed by atoms with Crippen LogP contribution in [-0.2, 0) is 4.79 Å². The summed E-state index contributed by atoms with van der Waals surface area (Å²) in [6.07, 6.45) is 4.18. The number of hydrogen-bond donors (Lipinski definition) is 2. The number of hydrogen-bond acceptors (Lipinski definition) is 4. The Bertz CT molecular complexity index is 1140. The Morgan fingerprint density at radius 3 is 2.45 bits per heavy atom. The zero-order valence-electron chi connectivity index (χ0n) is 18.5. The molecule has 1 aliphatic rings. The smallest absolute Gasteiger partial charge is 0.335 e. The number of nitrogens with one attached hydrogen (secondary N) is 1. The third-order valence-electron chi connectivity index (χ3n) is 5.84. The number of carbonyl (C=O) groups is 2. The van der Waals surface area contributed by atoms with Crippen LogP contribution in [0.4, 0.5) is 0 Å². The molecule has 1 amide bonds. The van der Waals surface area contributed by atoms with Crippen LogP contribution < -0.4 is 10.1 Å². The molecule has 0 spiro atoms. The maximum absolute atomic E-state index is 13.0. The fourth-order valence-electron chi connectivity index (χ4n) is 4.02. The van der Waals surface area contributed by atoms with Gasteiger partial charge in [0.1, 0.15) is 12.4 Å². The largest absolute Gasteiger partial charge is 0.488 e. The molecule has 3 aromatic rings. The van der Waals surface area contributed by atoms with Crippen LogP contribution in [0, 0.1) is 0 Å². The van der Waals surface area contributed by atoms with Gasteiger partial charge in [-0.15, -0.1) is 0 Å². The summed E-state index contributed by atoms with van der Waals surface area (Å²) >= 11 is 0. The van der Waals surface area contributed by atoms with E-state index < -0.39 is 5.97 Å². The molecule has 1 fully saturated rings. The van der Waals surface area contributed by atoms with Crippen molar-refractivity contribution in [3.8, 4) is 5.75 Å². The number of nitrogens with zero attached hydrogens (tertiary/aromatic N) is 1. The molecule has 1 aliphatic heterocycles. The predicted molar refractivity (Wildman–Crippen MR) is 130 cm³/mol. The van der Waals surface area contributed by atoms with Crippen LogP contribution >= 0.6 is 0 Å². The molecule has 0 bridgehead atoms. The van der Waals surface area contributed by atoms with E-state index in [9.17, 15) is 9.59 Å². The second-order valence-corrected chi connectivity index (χ2v) is 8.17. The highest BCUT2D eigenvalue weighted by Crippen LogP contribution is 2.25. The summed E-state index contributed by atoms with van der Waals surface area (Å²) < 4.78 is 6.08. The second kappa shape index (κ2) is 10.8. The maximum Gasteiger partial charge on any atom is 0.335 e. The van der Waals surface area contributed by atoms with Gasteiger partial charge in [-0.25, -0.2) is 4.79 Å². The maximum atomic E-state index is 13.0. The Kier molecular flexibility index (Phi) is 7.37. The Hall–Kier alpha value is -3.64. The predicted octanol–water partition coefficient (Wildman–Crippen LogP) is 4.21. The lowest BCUT2D eigenvalue weighted by atomic mass is 10.1. The van der Waals surface area contributed by atoms with Gasteiger partial charge in [0.2, 0.25) is 0 Å². The van der Waals surface area contributed by atoms with Crippen molar-refractivity contribution < 1.29 is 19.4 Å². The van der Waals surface area contributed by atoms with Crippen LogP contribution in [0.1, 0.15) is 28.8 Å². The number of carboxylic acids is 1. The summed E-state index contributed by atoms with van der Waals surface area (Å²) in [7, 11) is 0. The first-order valence-corrected chi connectivity index (χ1v) is 11.3. The summed E-state index contributed by atoms with van der Waals surface area (Å²) in [5, 5.41) is 14.2. The molecule has 0 atom stereocenters. The van der Waals surface area contributed by atoms with Crippen molar-refractivity contribution in [1.29, 1.82) is 0 Å². The number of fused-ring (bicyclic) bond motifs is 1. The summed E-state index contributed by atoms with van der Waals surface area (Å²) in [6, 6.07) is 20.3.